The van der Waals surface area contributed by atoms with E-state index in [1.165, 1.54) is 23.9 Å². The monoisotopic (exact) mass is 499 g/mol. The summed E-state index contributed by atoms with van der Waals surface area (Å²) < 4.78 is 25.4. The summed E-state index contributed by atoms with van der Waals surface area (Å²) in [5, 5.41) is 11.7. The summed E-state index contributed by atoms with van der Waals surface area (Å²) in [5.41, 5.74) is 0.496. The smallest absolute Gasteiger partial charge is 0.350 e. The number of thiazole rings is 1. The van der Waals surface area contributed by atoms with Gasteiger partial charge in [0.15, 0.2) is 16.1 Å². The van der Waals surface area contributed by atoms with E-state index in [0.717, 1.165) is 17.4 Å². The molecule has 32 heavy (non-hydrogen) atoms. The largest absolute Gasteiger partial charge is 0.484 e. The number of nitrogens with one attached hydrogen (secondary N) is 1. The Morgan fingerprint density at radius 1 is 1.34 bits per heavy atom. The number of thioether (sulfide) groups is 1. The number of benzene rings is 1. The van der Waals surface area contributed by atoms with Gasteiger partial charge in [-0.1, -0.05) is 34.7 Å². The van der Waals surface area contributed by atoms with Crippen molar-refractivity contribution in [1.82, 2.24) is 19.7 Å². The zero-order chi connectivity index (χ0) is 23.3. The van der Waals surface area contributed by atoms with Gasteiger partial charge in [-0.05, 0) is 32.0 Å². The minimum absolute atomic E-state index is 0.0595. The lowest BCUT2D eigenvalue weighted by atomic mass is 10.3. The Balaban J connectivity index is 1.54. The van der Waals surface area contributed by atoms with Crippen LogP contribution in [0.4, 0.5) is 9.52 Å². The van der Waals surface area contributed by atoms with Crippen LogP contribution in [0.2, 0.25) is 5.02 Å². The number of hydrogen-bond donors (Lipinski definition) is 1. The summed E-state index contributed by atoms with van der Waals surface area (Å²) in [5.74, 6) is -0.341. The number of ether oxygens (including phenoxy) is 2. The van der Waals surface area contributed by atoms with Gasteiger partial charge in [0.05, 0.1) is 23.1 Å². The van der Waals surface area contributed by atoms with E-state index in [1.807, 2.05) is 0 Å². The van der Waals surface area contributed by atoms with Crippen molar-refractivity contribution in [2.75, 3.05) is 17.7 Å². The van der Waals surface area contributed by atoms with Gasteiger partial charge in [0.25, 0.3) is 0 Å². The molecule has 0 saturated carbocycles. The fraction of sp³-hybridized carbons (Fsp3) is 0.316. The molecule has 0 aliphatic carbocycles. The summed E-state index contributed by atoms with van der Waals surface area (Å²) >= 11 is 8.19. The highest BCUT2D eigenvalue weighted by Gasteiger charge is 2.18. The predicted octanol–water partition coefficient (Wildman–Crippen LogP) is 3.86. The third-order valence-electron chi connectivity index (χ3n) is 4.01. The van der Waals surface area contributed by atoms with Crippen LogP contribution in [0, 0.1) is 12.7 Å². The van der Waals surface area contributed by atoms with Crippen molar-refractivity contribution < 1.29 is 23.5 Å². The molecule has 0 fully saturated rings. The molecule has 0 saturated heterocycles. The van der Waals surface area contributed by atoms with Crippen molar-refractivity contribution in [3.8, 4) is 5.75 Å². The van der Waals surface area contributed by atoms with E-state index in [0.29, 0.717) is 32.4 Å². The lowest BCUT2D eigenvalue weighted by Crippen LogP contribution is -2.14. The molecule has 13 heteroatoms. The van der Waals surface area contributed by atoms with Gasteiger partial charge in [0, 0.05) is 7.05 Å². The van der Waals surface area contributed by atoms with Gasteiger partial charge in [-0.3, -0.25) is 4.79 Å². The molecule has 2 aromatic heterocycles. The van der Waals surface area contributed by atoms with Crippen molar-refractivity contribution in [2.24, 2.45) is 7.05 Å². The molecule has 1 amide bonds. The van der Waals surface area contributed by atoms with Gasteiger partial charge in [-0.2, -0.15) is 0 Å². The molecule has 1 N–H and O–H groups in total. The van der Waals surface area contributed by atoms with Crippen LogP contribution >= 0.6 is 34.7 Å². The zero-order valence-electron chi connectivity index (χ0n) is 17.3. The normalized spacial score (nSPS) is 10.8. The highest BCUT2D eigenvalue weighted by Crippen LogP contribution is 2.26. The van der Waals surface area contributed by atoms with Crippen LogP contribution in [0.1, 0.15) is 28.1 Å². The molecule has 3 rings (SSSR count). The van der Waals surface area contributed by atoms with Crippen LogP contribution in [0.5, 0.6) is 5.75 Å². The Kier molecular flexibility index (Phi) is 8.04. The minimum Gasteiger partial charge on any atom is -0.484 e. The first-order valence-corrected chi connectivity index (χ1v) is 11.5. The van der Waals surface area contributed by atoms with Gasteiger partial charge in [0.2, 0.25) is 5.91 Å². The average Bonchev–Trinajstić information content (AvgIpc) is 3.28. The summed E-state index contributed by atoms with van der Waals surface area (Å²) in [7, 11) is 1.74. The molecule has 3 aromatic rings. The molecule has 170 valence electrons. The first-order valence-electron chi connectivity index (χ1n) is 9.31. The van der Waals surface area contributed by atoms with Crippen molar-refractivity contribution in [1.29, 1.82) is 0 Å². The van der Waals surface area contributed by atoms with E-state index in [-0.39, 0.29) is 29.9 Å². The third-order valence-corrected chi connectivity index (χ3v) is 6.38. The van der Waals surface area contributed by atoms with Crippen LogP contribution < -0.4 is 10.1 Å². The van der Waals surface area contributed by atoms with Crippen molar-refractivity contribution in [2.45, 2.75) is 25.6 Å². The second kappa shape index (κ2) is 10.7. The number of rotatable bonds is 9. The summed E-state index contributed by atoms with van der Waals surface area (Å²) in [6.45, 7) is 3.72. The number of aryl methyl sites for hydroxylation is 1. The van der Waals surface area contributed by atoms with Crippen LogP contribution in [-0.2, 0) is 23.2 Å². The molecule has 0 atom stereocenters. The van der Waals surface area contributed by atoms with Crippen molar-refractivity contribution in [3.63, 3.8) is 0 Å². The van der Waals surface area contributed by atoms with Crippen LogP contribution in [0.15, 0.2) is 23.4 Å². The first-order chi connectivity index (χ1) is 15.3. The van der Waals surface area contributed by atoms with Gasteiger partial charge >= 0.3 is 5.97 Å². The predicted molar refractivity (Wildman–Crippen MR) is 119 cm³/mol. The molecular formula is C19H19ClFN5O4S2. The number of carbonyl (C=O) groups excluding carboxylic acids is 2. The fourth-order valence-corrected chi connectivity index (χ4v) is 4.28. The molecule has 9 nitrogen and oxygen atoms in total. The molecule has 0 aliphatic heterocycles. The highest BCUT2D eigenvalue weighted by molar-refractivity contribution is 7.99. The maximum absolute atomic E-state index is 13.1. The number of aromatic nitrogens is 4. The molecule has 0 spiro atoms. The zero-order valence-corrected chi connectivity index (χ0v) is 19.7. The molecule has 0 bridgehead atoms. The van der Waals surface area contributed by atoms with Gasteiger partial charge < -0.3 is 19.4 Å². The summed E-state index contributed by atoms with van der Waals surface area (Å²) in [6, 6.07) is 3.84. The summed E-state index contributed by atoms with van der Waals surface area (Å²) in [6.07, 6.45) is 0. The number of esters is 1. The number of anilines is 1. The highest BCUT2D eigenvalue weighted by atomic mass is 35.5. The Morgan fingerprint density at radius 2 is 2.12 bits per heavy atom. The lowest BCUT2D eigenvalue weighted by Gasteiger charge is -2.08. The van der Waals surface area contributed by atoms with E-state index in [1.54, 1.807) is 25.5 Å². The average molecular weight is 500 g/mol. The number of nitrogens with zero attached hydrogens (tertiary/aromatic N) is 4. The lowest BCUT2D eigenvalue weighted by molar-refractivity contribution is -0.113. The SMILES string of the molecule is CCOC(=O)c1sc(NC(=O)CSc2nnc(COc3ccc(F)cc3Cl)n2C)nc1C. The quantitative estimate of drug-likeness (QED) is 0.349. The second-order valence-corrected chi connectivity index (χ2v) is 8.66. The topological polar surface area (TPSA) is 108 Å². The van der Waals surface area contributed by atoms with Crippen molar-refractivity contribution in [3.05, 3.63) is 45.4 Å². The van der Waals surface area contributed by atoms with E-state index in [2.05, 4.69) is 20.5 Å². The number of halogens is 2. The first kappa shape index (κ1) is 24.0. The Hall–Kier alpha value is -2.70. The molecule has 1 aromatic carbocycles. The molecule has 0 radical (unpaired) electrons. The van der Waals surface area contributed by atoms with E-state index < -0.39 is 11.8 Å². The van der Waals surface area contributed by atoms with Crippen molar-refractivity contribution >= 4 is 51.7 Å². The number of amides is 1. The van der Waals surface area contributed by atoms with Gasteiger partial charge in [0.1, 0.15) is 23.1 Å². The molecule has 0 aliphatic rings. The van der Waals surface area contributed by atoms with Gasteiger partial charge in [-0.25, -0.2) is 14.2 Å². The number of carbonyl (C=O) groups is 2. The summed E-state index contributed by atoms with van der Waals surface area (Å²) in [4.78, 5) is 28.7. The molecular weight excluding hydrogens is 481 g/mol. The second-order valence-electron chi connectivity index (χ2n) is 6.31. The molecule has 2 heterocycles. The maximum Gasteiger partial charge on any atom is 0.350 e. The minimum atomic E-state index is -0.465. The number of hydrogen-bond acceptors (Lipinski definition) is 9. The van der Waals surface area contributed by atoms with E-state index in [9.17, 15) is 14.0 Å². The van der Waals surface area contributed by atoms with E-state index in [4.69, 9.17) is 21.1 Å². The fourth-order valence-electron chi connectivity index (χ4n) is 2.45. The van der Waals surface area contributed by atoms with Crippen LogP contribution in [0.25, 0.3) is 0 Å². The Bertz CT molecular complexity index is 1140. The Morgan fingerprint density at radius 3 is 2.84 bits per heavy atom. The Labute approximate surface area is 196 Å². The molecule has 0 unspecified atom stereocenters. The van der Waals surface area contributed by atoms with E-state index >= 15 is 0 Å². The third kappa shape index (κ3) is 5.96. The van der Waals surface area contributed by atoms with Crippen LogP contribution in [0.3, 0.4) is 0 Å². The maximum atomic E-state index is 13.1. The van der Waals surface area contributed by atoms with Gasteiger partial charge in [-0.15, -0.1) is 10.2 Å². The van der Waals surface area contributed by atoms with Crippen LogP contribution in [-0.4, -0.2) is 44.0 Å². The standard InChI is InChI=1S/C19H19ClFN5O4S2/c1-4-29-17(28)16-10(2)22-18(32-16)23-15(27)9-31-19-25-24-14(26(19)3)8-30-13-6-5-11(21)7-12(13)20/h5-7H,4,8-9H2,1-3H3,(H,22,23,27).